The third-order valence-corrected chi connectivity index (χ3v) is 6.73. The number of ether oxygens (including phenoxy) is 2. The number of hydrogen-bond acceptors (Lipinski definition) is 6. The zero-order valence-corrected chi connectivity index (χ0v) is 19.7. The maximum atomic E-state index is 15.0. The first-order valence-corrected chi connectivity index (χ1v) is 11.8. The summed E-state index contributed by atoms with van der Waals surface area (Å²) in [6.45, 7) is 3.44. The molecule has 1 amide bonds. The van der Waals surface area contributed by atoms with Crippen LogP contribution < -0.4 is 21.3 Å². The van der Waals surface area contributed by atoms with Gasteiger partial charge in [0.25, 0.3) is 5.56 Å². The number of aromatic amines is 1. The van der Waals surface area contributed by atoms with Gasteiger partial charge < -0.3 is 19.9 Å². The van der Waals surface area contributed by atoms with Gasteiger partial charge in [0.2, 0.25) is 5.91 Å². The molecule has 1 saturated heterocycles. The summed E-state index contributed by atoms with van der Waals surface area (Å²) in [4.78, 5) is 39.7. The summed E-state index contributed by atoms with van der Waals surface area (Å²) in [6, 6.07) is 12.8. The Labute approximate surface area is 205 Å². The number of para-hydroxylation sites is 2. The van der Waals surface area contributed by atoms with Gasteiger partial charge in [-0.25, -0.2) is 9.18 Å². The average Bonchev–Trinajstić information content (AvgIpc) is 3.15. The van der Waals surface area contributed by atoms with Crippen LogP contribution in [0.15, 0.2) is 58.3 Å². The summed E-state index contributed by atoms with van der Waals surface area (Å²) in [7, 11) is 0. The molecule has 188 valence electrons. The van der Waals surface area contributed by atoms with Crippen molar-refractivity contribution in [3.05, 3.63) is 91.8 Å². The van der Waals surface area contributed by atoms with Crippen molar-refractivity contribution in [2.24, 2.45) is 0 Å². The summed E-state index contributed by atoms with van der Waals surface area (Å²) in [5.74, 6) is 0.155. The van der Waals surface area contributed by atoms with Gasteiger partial charge in [-0.05, 0) is 25.0 Å². The van der Waals surface area contributed by atoms with E-state index in [0.29, 0.717) is 29.0 Å². The third kappa shape index (κ3) is 4.02. The van der Waals surface area contributed by atoms with E-state index in [2.05, 4.69) is 10.3 Å². The smallest absolute Gasteiger partial charge is 0.330 e. The predicted molar refractivity (Wildman–Crippen MR) is 128 cm³/mol. The molecule has 0 bridgehead atoms. The number of H-pyrrole nitrogens is 1. The number of nitrogens with zero attached hydrogens (tertiary/aromatic N) is 1. The lowest BCUT2D eigenvalue weighted by atomic mass is 9.86. The van der Waals surface area contributed by atoms with Crippen molar-refractivity contribution in [1.29, 1.82) is 0 Å². The number of halogens is 1. The standard InChI is InChI=1S/C26H26FN3O6/c1-3-14-12-30(26(34)29-23(14)32)25-20(27)21(31)18(36-25)11-28-24(33)19-15-8-4-5-10-17(15)35-22-13(2)7-6-9-16(19)22/h4-10,12,18-21,25,31H,3,11H2,1-2H3,(H,28,33)(H,29,32,34)/t18-,19-,20-,21-,25-/m1/s1. The second-order valence-corrected chi connectivity index (χ2v) is 8.99. The maximum Gasteiger partial charge on any atom is 0.330 e. The summed E-state index contributed by atoms with van der Waals surface area (Å²) >= 11 is 0. The molecule has 0 unspecified atom stereocenters. The normalized spacial score (nSPS) is 24.5. The number of rotatable bonds is 5. The van der Waals surface area contributed by atoms with Gasteiger partial charge in [0, 0.05) is 29.4 Å². The zero-order chi connectivity index (χ0) is 25.6. The fourth-order valence-corrected chi connectivity index (χ4v) is 4.78. The van der Waals surface area contributed by atoms with Crippen molar-refractivity contribution in [2.45, 2.75) is 50.8 Å². The van der Waals surface area contributed by atoms with E-state index < -0.39 is 41.8 Å². The molecule has 10 heteroatoms. The number of carbonyl (C=O) groups excluding carboxylic acids is 1. The highest BCUT2D eigenvalue weighted by molar-refractivity contribution is 5.89. The topological polar surface area (TPSA) is 123 Å². The fourth-order valence-electron chi connectivity index (χ4n) is 4.78. The minimum Gasteiger partial charge on any atom is -0.456 e. The number of fused-ring (bicyclic) bond motifs is 2. The van der Waals surface area contributed by atoms with Crippen LogP contribution >= 0.6 is 0 Å². The van der Waals surface area contributed by atoms with Crippen LogP contribution in [0.1, 0.15) is 41.3 Å². The highest BCUT2D eigenvalue weighted by Crippen LogP contribution is 2.45. The van der Waals surface area contributed by atoms with Crippen LogP contribution in [0.3, 0.4) is 0 Å². The lowest BCUT2D eigenvalue weighted by molar-refractivity contribution is -0.123. The largest absolute Gasteiger partial charge is 0.456 e. The van der Waals surface area contributed by atoms with Crippen molar-refractivity contribution < 1.29 is 23.8 Å². The van der Waals surface area contributed by atoms with Gasteiger partial charge in [0.05, 0.1) is 5.92 Å². The zero-order valence-electron chi connectivity index (χ0n) is 19.7. The van der Waals surface area contributed by atoms with E-state index in [1.165, 1.54) is 6.20 Å². The molecule has 0 radical (unpaired) electrons. The number of aliphatic hydroxyl groups excluding tert-OH is 1. The van der Waals surface area contributed by atoms with Crippen molar-refractivity contribution >= 4 is 5.91 Å². The van der Waals surface area contributed by atoms with E-state index in [-0.39, 0.29) is 18.0 Å². The first-order chi connectivity index (χ1) is 17.3. The van der Waals surface area contributed by atoms with Crippen LogP contribution in [0, 0.1) is 6.92 Å². The van der Waals surface area contributed by atoms with Gasteiger partial charge in [-0.15, -0.1) is 0 Å². The van der Waals surface area contributed by atoms with Crippen LogP contribution in [0.2, 0.25) is 0 Å². The summed E-state index contributed by atoms with van der Waals surface area (Å²) < 4.78 is 27.6. The Morgan fingerprint density at radius 3 is 2.69 bits per heavy atom. The Kier molecular flexibility index (Phi) is 6.23. The van der Waals surface area contributed by atoms with E-state index in [1.54, 1.807) is 13.0 Å². The molecule has 3 N–H and O–H groups in total. The molecule has 1 fully saturated rings. The maximum absolute atomic E-state index is 15.0. The van der Waals surface area contributed by atoms with E-state index >= 15 is 0 Å². The molecular weight excluding hydrogens is 469 g/mol. The number of amides is 1. The Bertz CT molecular complexity index is 1430. The van der Waals surface area contributed by atoms with Crippen molar-refractivity contribution in [3.8, 4) is 11.5 Å². The number of alkyl halides is 1. The number of hydrogen-bond donors (Lipinski definition) is 3. The number of carbonyl (C=O) groups is 1. The quantitative estimate of drug-likeness (QED) is 0.498. The van der Waals surface area contributed by atoms with Crippen molar-refractivity contribution in [1.82, 2.24) is 14.9 Å². The van der Waals surface area contributed by atoms with Gasteiger partial charge in [-0.2, -0.15) is 0 Å². The van der Waals surface area contributed by atoms with Crippen molar-refractivity contribution in [3.63, 3.8) is 0 Å². The van der Waals surface area contributed by atoms with Gasteiger partial charge in [-0.3, -0.25) is 19.1 Å². The summed E-state index contributed by atoms with van der Waals surface area (Å²) in [6.07, 6.45) is -4.50. The Balaban J connectivity index is 1.37. The van der Waals surface area contributed by atoms with E-state index in [0.717, 1.165) is 10.1 Å². The number of benzene rings is 2. The van der Waals surface area contributed by atoms with Gasteiger partial charge in [-0.1, -0.05) is 43.3 Å². The first-order valence-electron chi connectivity index (χ1n) is 11.8. The second-order valence-electron chi connectivity index (χ2n) is 8.99. The average molecular weight is 496 g/mol. The molecule has 1 aromatic heterocycles. The molecule has 36 heavy (non-hydrogen) atoms. The molecular formula is C26H26FN3O6. The van der Waals surface area contributed by atoms with Crippen LogP contribution in [-0.2, 0) is 16.0 Å². The lowest BCUT2D eigenvalue weighted by Crippen LogP contribution is -2.41. The molecule has 3 heterocycles. The first kappa shape index (κ1) is 24.0. The molecule has 3 aromatic rings. The summed E-state index contributed by atoms with van der Waals surface area (Å²) in [5.41, 5.74) is 1.16. The van der Waals surface area contributed by atoms with Crippen LogP contribution in [0.5, 0.6) is 11.5 Å². The van der Waals surface area contributed by atoms with Crippen LogP contribution in [-0.4, -0.2) is 45.5 Å². The van der Waals surface area contributed by atoms with Gasteiger partial charge in [0.1, 0.15) is 23.7 Å². The Hall–Kier alpha value is -3.76. The lowest BCUT2D eigenvalue weighted by Gasteiger charge is -2.29. The number of nitrogens with one attached hydrogen (secondary N) is 2. The van der Waals surface area contributed by atoms with E-state index in [1.807, 2.05) is 43.3 Å². The minimum absolute atomic E-state index is 0.184. The monoisotopic (exact) mass is 495 g/mol. The molecule has 2 aliphatic heterocycles. The summed E-state index contributed by atoms with van der Waals surface area (Å²) in [5, 5.41) is 13.3. The molecule has 9 nitrogen and oxygen atoms in total. The number of aryl methyl sites for hydroxylation is 2. The molecule has 0 spiro atoms. The number of aliphatic hydroxyl groups is 1. The Morgan fingerprint density at radius 2 is 1.92 bits per heavy atom. The third-order valence-electron chi connectivity index (χ3n) is 6.73. The Morgan fingerprint density at radius 1 is 1.17 bits per heavy atom. The second kappa shape index (κ2) is 9.36. The van der Waals surface area contributed by atoms with Crippen LogP contribution in [0.25, 0.3) is 0 Å². The molecule has 0 saturated carbocycles. The molecule has 2 aromatic carbocycles. The molecule has 2 aliphatic rings. The molecule has 5 rings (SSSR count). The van der Waals surface area contributed by atoms with Gasteiger partial charge >= 0.3 is 5.69 Å². The van der Waals surface area contributed by atoms with Crippen LogP contribution in [0.4, 0.5) is 4.39 Å². The van der Waals surface area contributed by atoms with E-state index in [9.17, 15) is 23.9 Å². The highest BCUT2D eigenvalue weighted by Gasteiger charge is 2.46. The predicted octanol–water partition coefficient (Wildman–Crippen LogP) is 2.06. The SMILES string of the molecule is CCc1cn([C@@H]2O[C@H](CNC(=O)[C@@H]3c4ccccc4Oc4c(C)cccc43)[C@@H](O)[C@H]2F)c(=O)[nH]c1=O. The number of aromatic nitrogens is 2. The van der Waals surface area contributed by atoms with E-state index in [4.69, 9.17) is 9.47 Å². The van der Waals surface area contributed by atoms with Crippen molar-refractivity contribution in [2.75, 3.05) is 6.54 Å². The highest BCUT2D eigenvalue weighted by atomic mass is 19.1. The minimum atomic E-state index is -1.94. The fraction of sp³-hybridized carbons (Fsp3) is 0.346. The molecule has 5 atom stereocenters. The van der Waals surface area contributed by atoms with Gasteiger partial charge in [0.15, 0.2) is 12.4 Å². The molecule has 0 aliphatic carbocycles.